The number of benzene rings is 1. The van der Waals surface area contributed by atoms with Crippen molar-refractivity contribution in [3.05, 3.63) is 42.4 Å². The van der Waals surface area contributed by atoms with Crippen molar-refractivity contribution >= 4 is 5.97 Å². The molecule has 3 rings (SSSR count). The highest BCUT2D eigenvalue weighted by atomic mass is 16.5. The summed E-state index contributed by atoms with van der Waals surface area (Å²) in [4.78, 5) is 19.3. The molecule has 0 atom stereocenters. The lowest BCUT2D eigenvalue weighted by atomic mass is 10.1. The van der Waals surface area contributed by atoms with E-state index < -0.39 is 5.97 Å². The second-order valence-corrected chi connectivity index (χ2v) is 4.42. The third kappa shape index (κ3) is 2.54. The number of aromatic carboxylic acids is 1. The first-order chi connectivity index (χ1) is 9.24. The summed E-state index contributed by atoms with van der Waals surface area (Å²) in [7, 11) is 0. The van der Waals surface area contributed by atoms with Gasteiger partial charge in [0.05, 0.1) is 23.6 Å². The van der Waals surface area contributed by atoms with Gasteiger partial charge in [0.15, 0.2) is 0 Å². The summed E-state index contributed by atoms with van der Waals surface area (Å²) in [5, 5.41) is 9.06. The normalized spacial score (nSPS) is 14.1. The van der Waals surface area contributed by atoms with Crippen LogP contribution < -0.4 is 4.74 Å². The van der Waals surface area contributed by atoms with Gasteiger partial charge in [-0.15, -0.1) is 0 Å². The average Bonchev–Trinajstić information content (AvgIpc) is 3.24. The van der Waals surface area contributed by atoms with E-state index in [1.807, 2.05) is 0 Å². The molecule has 1 fully saturated rings. The van der Waals surface area contributed by atoms with E-state index in [0.717, 1.165) is 12.8 Å². The van der Waals surface area contributed by atoms with Crippen molar-refractivity contribution in [2.24, 2.45) is 0 Å². The number of aromatic nitrogens is 2. The predicted molar refractivity (Wildman–Crippen MR) is 68.1 cm³/mol. The smallest absolute Gasteiger partial charge is 0.335 e. The molecule has 0 amide bonds. The zero-order chi connectivity index (χ0) is 13.2. The highest BCUT2D eigenvalue weighted by Gasteiger charge is 2.25. The minimum absolute atomic E-state index is 0.212. The van der Waals surface area contributed by atoms with Crippen molar-refractivity contribution in [3.8, 4) is 17.0 Å². The summed E-state index contributed by atoms with van der Waals surface area (Å²) in [5.41, 5.74) is 1.49. The van der Waals surface area contributed by atoms with Crippen molar-refractivity contribution in [1.29, 1.82) is 0 Å². The fourth-order valence-electron chi connectivity index (χ4n) is 1.77. The Hall–Kier alpha value is -2.43. The fraction of sp³-hybridized carbons (Fsp3) is 0.214. The molecule has 1 aromatic carbocycles. The molecular formula is C14H12N2O3. The number of carboxylic acid groups (broad SMARTS) is 1. The van der Waals surface area contributed by atoms with E-state index in [9.17, 15) is 4.79 Å². The third-order valence-electron chi connectivity index (χ3n) is 2.88. The van der Waals surface area contributed by atoms with Crippen LogP contribution in [0.1, 0.15) is 23.2 Å². The highest BCUT2D eigenvalue weighted by molar-refractivity contribution is 5.90. The van der Waals surface area contributed by atoms with Gasteiger partial charge < -0.3 is 9.84 Å². The van der Waals surface area contributed by atoms with E-state index in [1.165, 1.54) is 0 Å². The van der Waals surface area contributed by atoms with Crippen LogP contribution in [0.25, 0.3) is 11.3 Å². The number of nitrogens with zero attached hydrogens (tertiary/aromatic N) is 2. The van der Waals surface area contributed by atoms with Gasteiger partial charge in [0, 0.05) is 18.0 Å². The van der Waals surface area contributed by atoms with Gasteiger partial charge in [-0.3, -0.25) is 9.97 Å². The Labute approximate surface area is 109 Å². The number of rotatable bonds is 4. The number of hydrogen-bond acceptors (Lipinski definition) is 4. The molecule has 0 spiro atoms. The molecule has 0 unspecified atom stereocenters. The van der Waals surface area contributed by atoms with Gasteiger partial charge in [-0.25, -0.2) is 4.79 Å². The number of ether oxygens (including phenoxy) is 1. The maximum absolute atomic E-state index is 11.1. The van der Waals surface area contributed by atoms with Gasteiger partial charge in [0.1, 0.15) is 5.75 Å². The van der Waals surface area contributed by atoms with Crippen molar-refractivity contribution < 1.29 is 14.6 Å². The van der Waals surface area contributed by atoms with Crippen LogP contribution in [0.4, 0.5) is 0 Å². The quantitative estimate of drug-likeness (QED) is 0.909. The average molecular weight is 256 g/mol. The van der Waals surface area contributed by atoms with E-state index in [0.29, 0.717) is 17.0 Å². The Morgan fingerprint density at radius 2 is 2.16 bits per heavy atom. The largest absolute Gasteiger partial charge is 0.490 e. The molecule has 1 heterocycles. The Balaban J connectivity index is 2.06. The number of hydrogen-bond donors (Lipinski definition) is 1. The summed E-state index contributed by atoms with van der Waals surface area (Å²) in [6.07, 6.45) is 7.07. The molecule has 5 nitrogen and oxygen atoms in total. The molecule has 0 bridgehead atoms. The van der Waals surface area contributed by atoms with Gasteiger partial charge in [-0.05, 0) is 31.0 Å². The number of carbonyl (C=O) groups is 1. The van der Waals surface area contributed by atoms with E-state index >= 15 is 0 Å². The zero-order valence-electron chi connectivity index (χ0n) is 10.1. The SMILES string of the molecule is O=C(O)c1ccc(OC2CC2)c(-c2cnccn2)c1. The van der Waals surface area contributed by atoms with E-state index in [4.69, 9.17) is 9.84 Å². The summed E-state index contributed by atoms with van der Waals surface area (Å²) < 4.78 is 5.78. The summed E-state index contributed by atoms with van der Waals surface area (Å²) in [6.45, 7) is 0. The van der Waals surface area contributed by atoms with E-state index in [-0.39, 0.29) is 11.7 Å². The van der Waals surface area contributed by atoms with E-state index in [2.05, 4.69) is 9.97 Å². The number of carboxylic acids is 1. The molecular weight excluding hydrogens is 244 g/mol. The van der Waals surface area contributed by atoms with Gasteiger partial charge >= 0.3 is 5.97 Å². The van der Waals surface area contributed by atoms with Crippen LogP contribution in [-0.2, 0) is 0 Å². The van der Waals surface area contributed by atoms with Crippen LogP contribution in [0, 0.1) is 0 Å². The molecule has 19 heavy (non-hydrogen) atoms. The van der Waals surface area contributed by atoms with Crippen LogP contribution in [0.3, 0.4) is 0 Å². The summed E-state index contributed by atoms with van der Waals surface area (Å²) in [5.74, 6) is -0.309. The molecule has 1 aliphatic carbocycles. The lowest BCUT2D eigenvalue weighted by Gasteiger charge is -2.11. The van der Waals surface area contributed by atoms with E-state index in [1.54, 1.807) is 36.8 Å². The molecule has 1 aromatic heterocycles. The van der Waals surface area contributed by atoms with Gasteiger partial charge in [0.2, 0.25) is 0 Å². The summed E-state index contributed by atoms with van der Waals surface area (Å²) >= 11 is 0. The molecule has 96 valence electrons. The first kappa shape index (κ1) is 11.6. The molecule has 1 N–H and O–H groups in total. The van der Waals surface area contributed by atoms with Crippen molar-refractivity contribution in [3.63, 3.8) is 0 Å². The maximum Gasteiger partial charge on any atom is 0.335 e. The Kier molecular flexibility index (Phi) is 2.87. The molecule has 0 saturated heterocycles. The Morgan fingerprint density at radius 3 is 2.79 bits per heavy atom. The topological polar surface area (TPSA) is 72.3 Å². The standard InChI is InChI=1S/C14H12N2O3/c17-14(18)9-1-4-13(19-10-2-3-10)11(7-9)12-8-15-5-6-16-12/h1,4-8,10H,2-3H2,(H,17,18). The van der Waals surface area contributed by atoms with Crippen molar-refractivity contribution in [2.45, 2.75) is 18.9 Å². The van der Waals surface area contributed by atoms with Gasteiger partial charge in [-0.1, -0.05) is 0 Å². The van der Waals surface area contributed by atoms with Gasteiger partial charge in [0.25, 0.3) is 0 Å². The van der Waals surface area contributed by atoms with Crippen LogP contribution >= 0.6 is 0 Å². The van der Waals surface area contributed by atoms with Crippen LogP contribution in [0.15, 0.2) is 36.8 Å². The lowest BCUT2D eigenvalue weighted by Crippen LogP contribution is -2.02. The van der Waals surface area contributed by atoms with Crippen molar-refractivity contribution in [2.75, 3.05) is 0 Å². The Bertz CT molecular complexity index is 609. The first-order valence-corrected chi connectivity index (χ1v) is 6.04. The van der Waals surface area contributed by atoms with Crippen LogP contribution in [0.5, 0.6) is 5.75 Å². The molecule has 0 radical (unpaired) electrons. The molecule has 2 aromatic rings. The highest BCUT2D eigenvalue weighted by Crippen LogP contribution is 2.34. The van der Waals surface area contributed by atoms with Crippen LogP contribution in [-0.4, -0.2) is 27.1 Å². The Morgan fingerprint density at radius 1 is 1.32 bits per heavy atom. The lowest BCUT2D eigenvalue weighted by molar-refractivity contribution is 0.0697. The third-order valence-corrected chi connectivity index (χ3v) is 2.88. The second kappa shape index (κ2) is 4.68. The first-order valence-electron chi connectivity index (χ1n) is 6.04. The van der Waals surface area contributed by atoms with Crippen molar-refractivity contribution in [1.82, 2.24) is 9.97 Å². The minimum Gasteiger partial charge on any atom is -0.490 e. The predicted octanol–water partition coefficient (Wildman–Crippen LogP) is 2.38. The maximum atomic E-state index is 11.1. The van der Waals surface area contributed by atoms with Crippen LogP contribution in [0.2, 0.25) is 0 Å². The summed E-state index contributed by atoms with van der Waals surface area (Å²) in [6, 6.07) is 4.80. The fourth-order valence-corrected chi connectivity index (χ4v) is 1.77. The van der Waals surface area contributed by atoms with Gasteiger partial charge in [-0.2, -0.15) is 0 Å². The minimum atomic E-state index is -0.969. The molecule has 0 aliphatic heterocycles. The zero-order valence-corrected chi connectivity index (χ0v) is 10.1. The molecule has 5 heteroatoms. The molecule has 1 aliphatic rings. The monoisotopic (exact) mass is 256 g/mol. The molecule has 1 saturated carbocycles. The second-order valence-electron chi connectivity index (χ2n) is 4.42.